The summed E-state index contributed by atoms with van der Waals surface area (Å²) in [5.41, 5.74) is 4.93. The lowest BCUT2D eigenvalue weighted by Crippen LogP contribution is -2.54. The van der Waals surface area contributed by atoms with Crippen LogP contribution >= 0.6 is 23.2 Å². The summed E-state index contributed by atoms with van der Waals surface area (Å²) in [4.78, 5) is 101. The molecule has 0 spiro atoms. The number of carboxylic acid groups (broad SMARTS) is 2. The lowest BCUT2D eigenvalue weighted by atomic mass is 9.91. The number of nitrogens with two attached hydrogens (primary N) is 1. The minimum absolute atomic E-state index is 0.0336. The lowest BCUT2D eigenvalue weighted by molar-refractivity contribution is -0.146. The minimum atomic E-state index is -2.23. The first-order valence-corrected chi connectivity index (χ1v) is 26.6. The van der Waals surface area contributed by atoms with Crippen LogP contribution in [0.1, 0.15) is 75.3 Å². The molecule has 5 aliphatic rings. The largest absolute Gasteiger partial charge is 0.508 e. The molecule has 8 atom stereocenters. The zero-order valence-electron chi connectivity index (χ0n) is 44.4. The van der Waals surface area contributed by atoms with Crippen LogP contribution in [0.25, 0.3) is 11.1 Å². The van der Waals surface area contributed by atoms with Crippen LogP contribution in [-0.2, 0) is 40.0 Å². The highest BCUT2D eigenvalue weighted by atomic mass is 35.5. The molecule has 7 aromatic rings. The molecule has 0 fully saturated rings. The maximum atomic E-state index is 15.7. The van der Waals surface area contributed by atoms with E-state index in [0.29, 0.717) is 5.56 Å². The molecule has 0 saturated heterocycles. The van der Waals surface area contributed by atoms with Gasteiger partial charge in [-0.05, 0) is 125 Å². The van der Waals surface area contributed by atoms with E-state index < -0.39 is 141 Å². The van der Waals surface area contributed by atoms with Crippen molar-refractivity contribution in [1.82, 2.24) is 31.9 Å². The summed E-state index contributed by atoms with van der Waals surface area (Å²) in [5, 5.41) is 103. The Hall–Kier alpha value is -10.3. The van der Waals surface area contributed by atoms with Gasteiger partial charge in [-0.1, -0.05) is 59.6 Å². The average molecular weight is 1210 g/mol. The van der Waals surface area contributed by atoms with Crippen molar-refractivity contribution in [3.05, 3.63) is 170 Å². The maximum absolute atomic E-state index is 15.7. The SMILES string of the molecule is CNC1C(=O)NC2Cc3ccc(cc3)Oc3cc4cc(c3O)Oc3ccc(cc3Cl)C(O)C(C(=O)O)NC(=O)C(c3ccc(O)c(-c5ccc(O)cc5C(N)C(=O)O)c3)NC(=O)C4NC(=O)C(NC2=O)c2cc(cc(O)c2Cl)Oc2cc1ccc2O. The summed E-state index contributed by atoms with van der Waals surface area (Å²) in [6.07, 6.45) is -2.36. The predicted octanol–water partition coefficient (Wildman–Crippen LogP) is 5.45. The zero-order valence-corrected chi connectivity index (χ0v) is 45.9. The number of nitrogens with one attached hydrogen (secondary N) is 6. The second-order valence-electron chi connectivity index (χ2n) is 20.0. The molecule has 0 radical (unpaired) electrons. The Bertz CT molecular complexity index is 3960. The van der Waals surface area contributed by atoms with Crippen molar-refractivity contribution >= 4 is 64.7 Å². The number of hydrogen-bond acceptors (Lipinski definition) is 18. The third kappa shape index (κ3) is 11.8. The van der Waals surface area contributed by atoms with Gasteiger partial charge in [0.2, 0.25) is 35.3 Å². The Kier molecular flexibility index (Phi) is 16.3. The number of benzene rings is 7. The van der Waals surface area contributed by atoms with E-state index in [1.165, 1.54) is 67.7 Å². The fraction of sp³-hybridized carbons (Fsp3) is 0.169. The summed E-state index contributed by atoms with van der Waals surface area (Å²) in [5.74, 6) is -13.7. The van der Waals surface area contributed by atoms with Crippen LogP contribution in [-0.4, -0.2) is 101 Å². The van der Waals surface area contributed by atoms with Gasteiger partial charge >= 0.3 is 11.9 Å². The van der Waals surface area contributed by atoms with Crippen molar-refractivity contribution in [2.45, 2.75) is 54.8 Å². The molecular formula is C59H49Cl2N7O18. The number of carboxylic acids is 2. The van der Waals surface area contributed by atoms with Gasteiger partial charge in [-0.25, -0.2) is 4.79 Å². The summed E-state index contributed by atoms with van der Waals surface area (Å²) >= 11 is 13.5. The number of fused-ring (bicyclic) bond motifs is 15. The summed E-state index contributed by atoms with van der Waals surface area (Å²) in [7, 11) is 1.46. The Morgan fingerprint density at radius 2 is 1.19 bits per heavy atom. The number of ether oxygens (including phenoxy) is 3. The zero-order chi connectivity index (χ0) is 61.6. The summed E-state index contributed by atoms with van der Waals surface area (Å²) in [6, 6.07) is 11.2. The van der Waals surface area contributed by atoms with E-state index in [0.717, 1.165) is 60.7 Å². The molecule has 0 aromatic heterocycles. The predicted molar refractivity (Wildman–Crippen MR) is 302 cm³/mol. The van der Waals surface area contributed by atoms with Crippen molar-refractivity contribution in [3.63, 3.8) is 0 Å². The van der Waals surface area contributed by atoms with Crippen LogP contribution in [0.2, 0.25) is 10.0 Å². The van der Waals surface area contributed by atoms with E-state index in [2.05, 4.69) is 31.9 Å². The molecule has 5 heterocycles. The Labute approximate surface area is 495 Å². The number of amides is 5. The number of carbonyl (C=O) groups is 7. The number of phenols is 5. The van der Waals surface area contributed by atoms with E-state index in [-0.39, 0.29) is 73.4 Å². The maximum Gasteiger partial charge on any atom is 0.329 e. The fourth-order valence-electron chi connectivity index (χ4n) is 10.0. The molecule has 16 N–H and O–H groups in total. The molecule has 12 rings (SSSR count). The first kappa shape index (κ1) is 58.9. The molecule has 27 heteroatoms. The molecule has 0 saturated carbocycles. The second-order valence-corrected chi connectivity index (χ2v) is 20.8. The molecule has 8 unspecified atom stereocenters. The molecule has 86 heavy (non-hydrogen) atoms. The van der Waals surface area contributed by atoms with E-state index in [9.17, 15) is 60.0 Å². The van der Waals surface area contributed by atoms with Crippen LogP contribution in [0.4, 0.5) is 0 Å². The van der Waals surface area contributed by atoms with Gasteiger partial charge in [0.1, 0.15) is 76.9 Å². The fourth-order valence-corrected chi connectivity index (χ4v) is 10.5. The molecule has 7 aromatic carbocycles. The molecule has 0 aliphatic carbocycles. The normalized spacial score (nSPS) is 20.8. The minimum Gasteiger partial charge on any atom is -0.508 e. The number of phenolic OH excluding ortho intramolecular Hbond substituents is 5. The van der Waals surface area contributed by atoms with Gasteiger partial charge in [0, 0.05) is 23.6 Å². The number of rotatable bonds is 6. The molecule has 5 amide bonds. The summed E-state index contributed by atoms with van der Waals surface area (Å²) < 4.78 is 18.4. The number of aliphatic hydroxyl groups is 1. The van der Waals surface area contributed by atoms with Crippen LogP contribution in [0.3, 0.4) is 0 Å². The first-order chi connectivity index (χ1) is 41.0. The van der Waals surface area contributed by atoms with E-state index in [1.54, 1.807) is 0 Å². The number of aliphatic carboxylic acids is 2. The standard InChI is InChI=1S/C59H49Cl2N7O18/c1-63-46-25-5-12-38(71)41(17-25)85-30-21-34(44(61)39(72)22-30)49-57(79)66-48-27-18-42(84-29-8-2-23(3-9-29)14-36(53(75)67-49)64-54(46)76)52(74)43(19-27)86-40-13-6-26(16-35(40)60)51(73)50(59(82)83)68-55(77)47(65-56(48)78)24-4-11-37(70)32(15-24)31-10-7-28(69)20-33(31)45(62)58(80)81/h2-13,15-22,36,45-51,63,69-74H,14,62H2,1H3,(H,64,76)(H,65,78)(H,66,79)(H,67,75)(H,68,77)(H,80,81)(H,82,83). The number of carbonyl (C=O) groups excluding carboxylic acids is 5. The lowest BCUT2D eigenvalue weighted by Gasteiger charge is -2.30. The Morgan fingerprint density at radius 3 is 1.87 bits per heavy atom. The van der Waals surface area contributed by atoms with Crippen LogP contribution in [0, 0.1) is 0 Å². The van der Waals surface area contributed by atoms with Crippen molar-refractivity contribution in [1.29, 1.82) is 0 Å². The van der Waals surface area contributed by atoms with Gasteiger partial charge < -0.3 is 92.7 Å². The first-order valence-electron chi connectivity index (χ1n) is 25.9. The molecular weight excluding hydrogens is 1170 g/mol. The van der Waals surface area contributed by atoms with Gasteiger partial charge in [0.15, 0.2) is 29.0 Å². The van der Waals surface area contributed by atoms with Crippen LogP contribution < -0.4 is 51.8 Å². The average Bonchev–Trinajstić information content (AvgIpc) is 1.10. The number of halogens is 2. The van der Waals surface area contributed by atoms with Crippen molar-refractivity contribution in [3.8, 4) is 74.4 Å². The monoisotopic (exact) mass is 1210 g/mol. The highest BCUT2D eigenvalue weighted by Gasteiger charge is 2.40. The molecule has 442 valence electrons. The quantitative estimate of drug-likeness (QED) is 0.0983. The highest BCUT2D eigenvalue weighted by Crippen LogP contribution is 2.47. The van der Waals surface area contributed by atoms with Crippen molar-refractivity contribution < 1.29 is 88.6 Å². The van der Waals surface area contributed by atoms with Crippen molar-refractivity contribution in [2.24, 2.45) is 5.73 Å². The smallest absolute Gasteiger partial charge is 0.329 e. The van der Waals surface area contributed by atoms with Gasteiger partial charge in [0.25, 0.3) is 0 Å². The number of aromatic hydroxyl groups is 5. The van der Waals surface area contributed by atoms with Gasteiger partial charge in [0.05, 0.1) is 10.0 Å². The van der Waals surface area contributed by atoms with Gasteiger partial charge in [-0.2, -0.15) is 0 Å². The van der Waals surface area contributed by atoms with Crippen molar-refractivity contribution in [2.75, 3.05) is 7.05 Å². The Balaban J connectivity index is 1.20. The third-order valence-corrected chi connectivity index (χ3v) is 15.1. The molecule has 13 bridgehead atoms. The topological polar surface area (TPSA) is 407 Å². The van der Waals surface area contributed by atoms with Gasteiger partial charge in [-0.15, -0.1) is 0 Å². The Morgan fingerprint density at radius 1 is 0.570 bits per heavy atom. The second kappa shape index (κ2) is 23.7. The van der Waals surface area contributed by atoms with Crippen LogP contribution in [0.15, 0.2) is 121 Å². The van der Waals surface area contributed by atoms with Gasteiger partial charge in [-0.3, -0.25) is 28.8 Å². The molecule has 25 nitrogen and oxygen atoms in total. The number of hydrogen-bond donors (Lipinski definition) is 15. The summed E-state index contributed by atoms with van der Waals surface area (Å²) in [6.45, 7) is 0. The third-order valence-electron chi connectivity index (χ3n) is 14.4. The van der Waals surface area contributed by atoms with Crippen LogP contribution in [0.5, 0.6) is 63.2 Å². The molecule has 5 aliphatic heterocycles. The number of likely N-dealkylation sites (N-methyl/N-ethyl adjacent to an activating group) is 1. The van der Waals surface area contributed by atoms with E-state index in [1.807, 2.05) is 0 Å². The number of aliphatic hydroxyl groups excluding tert-OH is 1. The van der Waals surface area contributed by atoms with E-state index in [4.69, 9.17) is 43.1 Å². The van der Waals surface area contributed by atoms with E-state index >= 15 is 14.4 Å². The highest BCUT2D eigenvalue weighted by molar-refractivity contribution is 6.33.